The van der Waals surface area contributed by atoms with Crippen molar-refractivity contribution in [3.8, 4) is 17.4 Å². The number of para-hydroxylation sites is 1. The Morgan fingerprint density at radius 3 is 2.44 bits per heavy atom. The maximum absolute atomic E-state index is 12.5. The molecule has 2 amide bonds. The van der Waals surface area contributed by atoms with Gasteiger partial charge in [-0.05, 0) is 42.5 Å². The van der Waals surface area contributed by atoms with E-state index in [0.717, 1.165) is 10.9 Å². The van der Waals surface area contributed by atoms with Crippen molar-refractivity contribution in [1.29, 1.82) is 0 Å². The zero-order chi connectivity index (χ0) is 22.5. The Bertz CT molecular complexity index is 1290. The molecule has 0 saturated heterocycles. The summed E-state index contributed by atoms with van der Waals surface area (Å²) < 4.78 is 11.1. The number of hydrogen-bond donors (Lipinski definition) is 2. The molecule has 0 fully saturated rings. The van der Waals surface area contributed by atoms with Crippen LogP contribution >= 0.6 is 0 Å². The molecule has 0 aliphatic heterocycles. The molecule has 32 heavy (non-hydrogen) atoms. The summed E-state index contributed by atoms with van der Waals surface area (Å²) in [6, 6.07) is 19.0. The topological polar surface area (TPSA) is 102 Å². The van der Waals surface area contributed by atoms with Crippen molar-refractivity contribution in [2.75, 3.05) is 17.7 Å². The highest BCUT2D eigenvalue weighted by Gasteiger charge is 2.11. The minimum absolute atomic E-state index is 0.140. The molecule has 2 aromatic heterocycles. The van der Waals surface area contributed by atoms with Gasteiger partial charge in [-0.1, -0.05) is 18.2 Å². The average Bonchev–Trinajstić information content (AvgIpc) is 2.80. The number of aromatic nitrogens is 2. The minimum Gasteiger partial charge on any atom is -0.479 e. The van der Waals surface area contributed by atoms with E-state index in [9.17, 15) is 9.59 Å². The zero-order valence-electron chi connectivity index (χ0n) is 17.5. The second kappa shape index (κ2) is 9.13. The number of pyridine rings is 2. The van der Waals surface area contributed by atoms with E-state index in [0.29, 0.717) is 34.4 Å². The van der Waals surface area contributed by atoms with Gasteiger partial charge in [0.1, 0.15) is 22.9 Å². The van der Waals surface area contributed by atoms with Crippen LogP contribution in [0.2, 0.25) is 0 Å². The summed E-state index contributed by atoms with van der Waals surface area (Å²) >= 11 is 0. The number of rotatable bonds is 6. The summed E-state index contributed by atoms with van der Waals surface area (Å²) in [6.45, 7) is 1.45. The third kappa shape index (κ3) is 4.81. The van der Waals surface area contributed by atoms with E-state index in [4.69, 9.17) is 9.47 Å². The standard InChI is InChI=1S/C24H20N4O4/c1-15(29)21-14-19(11-12-25-21)32-18-9-7-17(8-10-18)26-24(30)28-22-13-16-5-3-4-6-20(16)27-23(22)31-2/h3-14H,1-2H3,(H2,26,28,30). The van der Waals surface area contributed by atoms with Crippen molar-refractivity contribution in [3.63, 3.8) is 0 Å². The van der Waals surface area contributed by atoms with Crippen LogP contribution in [-0.4, -0.2) is 28.9 Å². The van der Waals surface area contributed by atoms with Gasteiger partial charge in [-0.3, -0.25) is 9.78 Å². The molecule has 0 saturated carbocycles. The Morgan fingerprint density at radius 1 is 0.906 bits per heavy atom. The Kier molecular flexibility index (Phi) is 5.94. The van der Waals surface area contributed by atoms with E-state index in [1.165, 1.54) is 20.2 Å². The van der Waals surface area contributed by atoms with Gasteiger partial charge in [-0.15, -0.1) is 0 Å². The minimum atomic E-state index is -0.436. The predicted octanol–water partition coefficient (Wildman–Crippen LogP) is 5.28. The Labute approximate surface area is 184 Å². The molecule has 0 spiro atoms. The molecule has 0 bridgehead atoms. The molecule has 4 aromatic rings. The number of anilines is 2. The molecule has 0 atom stereocenters. The molecule has 0 unspecified atom stereocenters. The van der Waals surface area contributed by atoms with Crippen LogP contribution in [0.25, 0.3) is 10.9 Å². The Hall–Kier alpha value is -4.46. The summed E-state index contributed by atoms with van der Waals surface area (Å²) in [5.74, 6) is 1.24. The molecule has 2 aromatic carbocycles. The Balaban J connectivity index is 1.42. The van der Waals surface area contributed by atoms with Gasteiger partial charge in [0.2, 0.25) is 5.88 Å². The number of hydrogen-bond acceptors (Lipinski definition) is 6. The third-order valence-corrected chi connectivity index (χ3v) is 4.57. The zero-order valence-corrected chi connectivity index (χ0v) is 17.5. The summed E-state index contributed by atoms with van der Waals surface area (Å²) in [5, 5.41) is 6.41. The first kappa shape index (κ1) is 20.8. The van der Waals surface area contributed by atoms with E-state index in [2.05, 4.69) is 20.6 Å². The number of urea groups is 1. The van der Waals surface area contributed by atoms with E-state index < -0.39 is 6.03 Å². The largest absolute Gasteiger partial charge is 0.479 e. The highest BCUT2D eigenvalue weighted by atomic mass is 16.5. The van der Waals surface area contributed by atoms with E-state index >= 15 is 0 Å². The van der Waals surface area contributed by atoms with Crippen molar-refractivity contribution in [2.24, 2.45) is 0 Å². The van der Waals surface area contributed by atoms with Gasteiger partial charge in [0.15, 0.2) is 5.78 Å². The number of Topliss-reactive ketones (excluding diaryl/α,β-unsaturated/α-hetero) is 1. The van der Waals surface area contributed by atoms with Gasteiger partial charge in [0.05, 0.1) is 12.6 Å². The molecule has 8 nitrogen and oxygen atoms in total. The molecular formula is C24H20N4O4. The SMILES string of the molecule is COc1nc2ccccc2cc1NC(=O)Nc1ccc(Oc2ccnc(C(C)=O)c2)cc1. The maximum Gasteiger partial charge on any atom is 0.323 e. The van der Waals surface area contributed by atoms with Crippen LogP contribution in [0.1, 0.15) is 17.4 Å². The maximum atomic E-state index is 12.5. The summed E-state index contributed by atoms with van der Waals surface area (Å²) in [5.41, 5.74) is 2.14. The second-order valence-electron chi connectivity index (χ2n) is 6.88. The molecule has 2 N–H and O–H groups in total. The van der Waals surface area contributed by atoms with Gasteiger partial charge < -0.3 is 20.1 Å². The molecule has 0 aliphatic rings. The first-order valence-corrected chi connectivity index (χ1v) is 9.78. The lowest BCUT2D eigenvalue weighted by Crippen LogP contribution is -2.20. The molecular weight excluding hydrogens is 408 g/mol. The monoisotopic (exact) mass is 428 g/mol. The molecule has 4 rings (SSSR count). The van der Waals surface area contributed by atoms with Crippen LogP contribution in [-0.2, 0) is 0 Å². The first-order valence-electron chi connectivity index (χ1n) is 9.78. The summed E-state index contributed by atoms with van der Waals surface area (Å²) in [6.07, 6.45) is 1.52. The number of methoxy groups -OCH3 is 1. The van der Waals surface area contributed by atoms with Crippen molar-refractivity contribution < 1.29 is 19.1 Å². The normalized spacial score (nSPS) is 10.4. The van der Waals surface area contributed by atoms with Crippen LogP contribution < -0.4 is 20.1 Å². The first-order chi connectivity index (χ1) is 15.5. The number of benzene rings is 2. The van der Waals surface area contributed by atoms with Crippen molar-refractivity contribution >= 4 is 34.1 Å². The van der Waals surface area contributed by atoms with Gasteiger partial charge in [-0.25, -0.2) is 9.78 Å². The van der Waals surface area contributed by atoms with Gasteiger partial charge in [-0.2, -0.15) is 0 Å². The number of carbonyl (C=O) groups excluding carboxylic acids is 2. The average molecular weight is 428 g/mol. The number of ether oxygens (including phenoxy) is 2. The van der Waals surface area contributed by atoms with Crippen molar-refractivity contribution in [3.05, 3.63) is 78.6 Å². The van der Waals surface area contributed by atoms with Crippen molar-refractivity contribution in [1.82, 2.24) is 9.97 Å². The predicted molar refractivity (Wildman–Crippen MR) is 122 cm³/mol. The lowest BCUT2D eigenvalue weighted by molar-refractivity contribution is 0.101. The fraction of sp³-hybridized carbons (Fsp3) is 0.0833. The number of carbonyl (C=O) groups is 2. The van der Waals surface area contributed by atoms with E-state index in [1.807, 2.05) is 30.3 Å². The Morgan fingerprint density at radius 2 is 1.69 bits per heavy atom. The van der Waals surface area contributed by atoms with Crippen LogP contribution in [0.5, 0.6) is 17.4 Å². The number of amides is 2. The molecule has 8 heteroatoms. The van der Waals surface area contributed by atoms with Crippen molar-refractivity contribution in [2.45, 2.75) is 6.92 Å². The van der Waals surface area contributed by atoms with E-state index in [1.54, 1.807) is 36.4 Å². The van der Waals surface area contributed by atoms with Gasteiger partial charge in [0, 0.05) is 30.3 Å². The highest BCUT2D eigenvalue weighted by Crippen LogP contribution is 2.27. The van der Waals surface area contributed by atoms with Gasteiger partial charge >= 0.3 is 6.03 Å². The lowest BCUT2D eigenvalue weighted by Gasteiger charge is -2.12. The molecule has 0 radical (unpaired) electrons. The number of nitrogens with one attached hydrogen (secondary N) is 2. The molecule has 2 heterocycles. The van der Waals surface area contributed by atoms with Crippen LogP contribution in [0.3, 0.4) is 0 Å². The summed E-state index contributed by atoms with van der Waals surface area (Å²) in [7, 11) is 1.50. The van der Waals surface area contributed by atoms with E-state index in [-0.39, 0.29) is 5.78 Å². The fourth-order valence-electron chi connectivity index (χ4n) is 3.04. The smallest absolute Gasteiger partial charge is 0.323 e. The molecule has 160 valence electrons. The third-order valence-electron chi connectivity index (χ3n) is 4.57. The molecule has 0 aliphatic carbocycles. The van der Waals surface area contributed by atoms with Crippen LogP contribution in [0.4, 0.5) is 16.2 Å². The van der Waals surface area contributed by atoms with Gasteiger partial charge in [0.25, 0.3) is 0 Å². The fourth-order valence-corrected chi connectivity index (χ4v) is 3.04. The number of fused-ring (bicyclic) bond motifs is 1. The lowest BCUT2D eigenvalue weighted by atomic mass is 10.2. The number of nitrogens with zero attached hydrogens (tertiary/aromatic N) is 2. The summed E-state index contributed by atoms with van der Waals surface area (Å²) in [4.78, 5) is 32.4. The van der Waals surface area contributed by atoms with Crippen LogP contribution in [0.15, 0.2) is 72.9 Å². The second-order valence-corrected chi connectivity index (χ2v) is 6.88. The van der Waals surface area contributed by atoms with Crippen LogP contribution in [0, 0.1) is 0 Å². The highest BCUT2D eigenvalue weighted by molar-refractivity contribution is 6.01. The quantitative estimate of drug-likeness (QED) is 0.405. The number of ketones is 1.